The van der Waals surface area contributed by atoms with Gasteiger partial charge in [0.25, 0.3) is 0 Å². The third kappa shape index (κ3) is 2.43. The van der Waals surface area contributed by atoms with Gasteiger partial charge >= 0.3 is 0 Å². The van der Waals surface area contributed by atoms with Gasteiger partial charge in [-0.25, -0.2) is 0 Å². The molecule has 1 atom stereocenters. The van der Waals surface area contributed by atoms with Crippen LogP contribution in [0.1, 0.15) is 16.5 Å². The van der Waals surface area contributed by atoms with Gasteiger partial charge in [0.2, 0.25) is 0 Å². The predicted octanol–water partition coefficient (Wildman–Crippen LogP) is 4.37. The standard InChI is InChI=1S/C15H13BrN2S/c1-17-15(14-7-11(16)9-19-14)13-4-2-3-10-8-18-6-5-12(10)13/h2-9,15,17H,1H3. The van der Waals surface area contributed by atoms with Crippen LogP contribution in [0.2, 0.25) is 0 Å². The maximum Gasteiger partial charge on any atom is 0.0675 e. The summed E-state index contributed by atoms with van der Waals surface area (Å²) < 4.78 is 1.13. The lowest BCUT2D eigenvalue weighted by atomic mass is 9.99. The van der Waals surface area contributed by atoms with Gasteiger partial charge < -0.3 is 5.32 Å². The average molecular weight is 333 g/mol. The van der Waals surface area contributed by atoms with Crippen LogP contribution in [0.3, 0.4) is 0 Å². The lowest BCUT2D eigenvalue weighted by Crippen LogP contribution is -2.16. The van der Waals surface area contributed by atoms with Crippen molar-refractivity contribution in [2.75, 3.05) is 7.05 Å². The summed E-state index contributed by atoms with van der Waals surface area (Å²) >= 11 is 5.29. The summed E-state index contributed by atoms with van der Waals surface area (Å²) in [4.78, 5) is 5.50. The van der Waals surface area contributed by atoms with Crippen LogP contribution < -0.4 is 5.32 Å². The highest BCUT2D eigenvalue weighted by Gasteiger charge is 2.16. The van der Waals surface area contributed by atoms with Crippen LogP contribution >= 0.6 is 27.3 Å². The van der Waals surface area contributed by atoms with Crippen LogP contribution in [0, 0.1) is 0 Å². The van der Waals surface area contributed by atoms with E-state index >= 15 is 0 Å². The molecule has 1 N–H and O–H groups in total. The van der Waals surface area contributed by atoms with E-state index in [2.05, 4.69) is 61.9 Å². The molecular formula is C15H13BrN2S. The second-order valence-electron chi connectivity index (χ2n) is 4.33. The molecule has 0 saturated heterocycles. The Morgan fingerprint density at radius 3 is 2.95 bits per heavy atom. The zero-order valence-corrected chi connectivity index (χ0v) is 12.8. The summed E-state index contributed by atoms with van der Waals surface area (Å²) in [5.74, 6) is 0. The fourth-order valence-corrected chi connectivity index (χ4v) is 3.90. The summed E-state index contributed by atoms with van der Waals surface area (Å²) in [5, 5.41) is 7.95. The molecule has 3 rings (SSSR count). The fraction of sp³-hybridized carbons (Fsp3) is 0.133. The minimum Gasteiger partial charge on any atom is -0.309 e. The van der Waals surface area contributed by atoms with Gasteiger partial charge in [0.1, 0.15) is 0 Å². The van der Waals surface area contributed by atoms with E-state index in [9.17, 15) is 0 Å². The van der Waals surface area contributed by atoms with Gasteiger partial charge in [-0.2, -0.15) is 0 Å². The molecule has 0 saturated carbocycles. The Morgan fingerprint density at radius 1 is 1.32 bits per heavy atom. The van der Waals surface area contributed by atoms with Crippen molar-refractivity contribution in [2.45, 2.75) is 6.04 Å². The Bertz CT molecular complexity index is 703. The molecule has 0 aliphatic carbocycles. The molecule has 2 aromatic heterocycles. The van der Waals surface area contributed by atoms with Crippen molar-refractivity contribution in [1.82, 2.24) is 10.3 Å². The molecule has 19 heavy (non-hydrogen) atoms. The fourth-order valence-electron chi connectivity index (χ4n) is 2.33. The van der Waals surface area contributed by atoms with Gasteiger partial charge in [0, 0.05) is 32.5 Å². The van der Waals surface area contributed by atoms with Gasteiger partial charge in [0.15, 0.2) is 0 Å². The van der Waals surface area contributed by atoms with Gasteiger partial charge in [-0.05, 0) is 46.1 Å². The highest BCUT2D eigenvalue weighted by Crippen LogP contribution is 2.33. The first-order valence-corrected chi connectivity index (χ1v) is 7.70. The molecule has 1 aromatic carbocycles. The number of hydrogen-bond acceptors (Lipinski definition) is 3. The summed E-state index contributed by atoms with van der Waals surface area (Å²) in [6.45, 7) is 0. The maximum atomic E-state index is 4.19. The first-order chi connectivity index (χ1) is 9.29. The lowest BCUT2D eigenvalue weighted by molar-refractivity contribution is 0.709. The molecule has 3 aromatic rings. The van der Waals surface area contributed by atoms with Crippen LogP contribution in [-0.2, 0) is 0 Å². The maximum absolute atomic E-state index is 4.19. The summed E-state index contributed by atoms with van der Waals surface area (Å²) in [5.41, 5.74) is 1.29. The zero-order chi connectivity index (χ0) is 13.2. The Morgan fingerprint density at radius 2 is 2.21 bits per heavy atom. The highest BCUT2D eigenvalue weighted by molar-refractivity contribution is 9.10. The molecular weight excluding hydrogens is 320 g/mol. The molecule has 96 valence electrons. The molecule has 0 bridgehead atoms. The van der Waals surface area contributed by atoms with E-state index in [1.54, 1.807) is 11.3 Å². The minimum atomic E-state index is 0.211. The molecule has 0 spiro atoms. The number of halogens is 1. The van der Waals surface area contributed by atoms with Crippen LogP contribution in [0.5, 0.6) is 0 Å². The topological polar surface area (TPSA) is 24.9 Å². The van der Waals surface area contributed by atoms with Crippen LogP contribution in [-0.4, -0.2) is 12.0 Å². The van der Waals surface area contributed by atoms with Crippen molar-refractivity contribution in [3.05, 3.63) is 63.0 Å². The number of pyridine rings is 1. The molecule has 2 nitrogen and oxygen atoms in total. The minimum absolute atomic E-state index is 0.211. The first kappa shape index (κ1) is 12.8. The van der Waals surface area contributed by atoms with E-state index in [0.29, 0.717) is 0 Å². The molecule has 0 aliphatic rings. The summed E-state index contributed by atoms with van der Waals surface area (Å²) in [6.07, 6.45) is 3.76. The molecule has 0 aliphatic heterocycles. The molecule has 0 radical (unpaired) electrons. The second-order valence-corrected chi connectivity index (χ2v) is 6.19. The largest absolute Gasteiger partial charge is 0.309 e. The number of aromatic nitrogens is 1. The summed E-state index contributed by atoms with van der Waals surface area (Å²) in [6, 6.07) is 10.8. The van der Waals surface area contributed by atoms with Gasteiger partial charge in [-0.1, -0.05) is 18.2 Å². The van der Waals surface area contributed by atoms with E-state index in [0.717, 1.165) is 4.47 Å². The van der Waals surface area contributed by atoms with Gasteiger partial charge in [0.05, 0.1) is 6.04 Å². The smallest absolute Gasteiger partial charge is 0.0675 e. The number of thiophene rings is 1. The van der Waals surface area contributed by atoms with Gasteiger partial charge in [-0.3, -0.25) is 4.98 Å². The molecule has 4 heteroatoms. The van der Waals surface area contributed by atoms with E-state index in [4.69, 9.17) is 0 Å². The number of nitrogens with zero attached hydrogens (tertiary/aromatic N) is 1. The quantitative estimate of drug-likeness (QED) is 0.770. The SMILES string of the molecule is CNC(c1cc(Br)cs1)c1cccc2cnccc12. The third-order valence-corrected chi connectivity index (χ3v) is 4.94. The van der Waals surface area contributed by atoms with Crippen molar-refractivity contribution in [3.63, 3.8) is 0 Å². The van der Waals surface area contributed by atoms with E-state index in [1.807, 2.05) is 19.4 Å². The number of benzene rings is 1. The Kier molecular flexibility index (Phi) is 3.64. The third-order valence-electron chi connectivity index (χ3n) is 3.19. The summed E-state index contributed by atoms with van der Waals surface area (Å²) in [7, 11) is 2.00. The van der Waals surface area contributed by atoms with Crippen molar-refractivity contribution in [2.24, 2.45) is 0 Å². The number of nitrogens with one attached hydrogen (secondary N) is 1. The normalized spacial score (nSPS) is 12.7. The highest BCUT2D eigenvalue weighted by atomic mass is 79.9. The van der Waals surface area contributed by atoms with Gasteiger partial charge in [-0.15, -0.1) is 11.3 Å². The van der Waals surface area contributed by atoms with Crippen LogP contribution in [0.25, 0.3) is 10.8 Å². The monoisotopic (exact) mass is 332 g/mol. The number of fused-ring (bicyclic) bond motifs is 1. The lowest BCUT2D eigenvalue weighted by Gasteiger charge is -2.17. The van der Waals surface area contributed by atoms with E-state index in [-0.39, 0.29) is 6.04 Å². The van der Waals surface area contributed by atoms with Crippen LogP contribution in [0.15, 0.2) is 52.6 Å². The molecule has 0 fully saturated rings. The zero-order valence-electron chi connectivity index (χ0n) is 10.4. The number of rotatable bonds is 3. The van der Waals surface area contributed by atoms with E-state index < -0.39 is 0 Å². The first-order valence-electron chi connectivity index (χ1n) is 6.03. The number of hydrogen-bond donors (Lipinski definition) is 1. The van der Waals surface area contributed by atoms with Crippen molar-refractivity contribution < 1.29 is 0 Å². The average Bonchev–Trinajstić information content (AvgIpc) is 2.86. The molecule has 1 unspecified atom stereocenters. The Labute approximate surface area is 124 Å². The van der Waals surface area contributed by atoms with Crippen molar-refractivity contribution >= 4 is 38.0 Å². The van der Waals surface area contributed by atoms with Crippen molar-refractivity contribution in [3.8, 4) is 0 Å². The molecule has 2 heterocycles. The Balaban J connectivity index is 2.16. The Hall–Kier alpha value is -1.23. The van der Waals surface area contributed by atoms with Crippen molar-refractivity contribution in [1.29, 1.82) is 0 Å². The molecule has 0 amide bonds. The predicted molar refractivity (Wildman–Crippen MR) is 84.7 cm³/mol. The van der Waals surface area contributed by atoms with E-state index in [1.165, 1.54) is 21.2 Å². The second kappa shape index (κ2) is 5.41. The van der Waals surface area contributed by atoms with Crippen LogP contribution in [0.4, 0.5) is 0 Å².